The minimum absolute atomic E-state index is 0.222. The molecule has 0 aliphatic carbocycles. The van der Waals surface area contributed by atoms with Gasteiger partial charge < -0.3 is 20.2 Å². The molecule has 0 saturated heterocycles. The van der Waals surface area contributed by atoms with Gasteiger partial charge in [-0.1, -0.05) is 34.1 Å². The molecular formula is C20H21BrN4O3. The van der Waals surface area contributed by atoms with Crippen LogP contribution in [0.25, 0.3) is 5.65 Å². The van der Waals surface area contributed by atoms with E-state index in [1.807, 2.05) is 36.5 Å². The fourth-order valence-corrected chi connectivity index (χ4v) is 3.06. The second kappa shape index (κ2) is 8.99. The number of ether oxygens (including phenoxy) is 1. The van der Waals surface area contributed by atoms with Crippen LogP contribution in [0.4, 0.5) is 0 Å². The van der Waals surface area contributed by atoms with Gasteiger partial charge in [0.2, 0.25) is 0 Å². The van der Waals surface area contributed by atoms with E-state index >= 15 is 0 Å². The van der Waals surface area contributed by atoms with Crippen molar-refractivity contribution >= 4 is 33.5 Å². The van der Waals surface area contributed by atoms with Crippen LogP contribution in [0.2, 0.25) is 0 Å². The van der Waals surface area contributed by atoms with Crippen molar-refractivity contribution in [3.63, 3.8) is 0 Å². The summed E-state index contributed by atoms with van der Waals surface area (Å²) in [5.74, 6) is -0.916. The van der Waals surface area contributed by atoms with E-state index in [1.165, 1.54) is 0 Å². The summed E-state index contributed by atoms with van der Waals surface area (Å²) in [6, 6.07) is 10.4. The lowest BCUT2D eigenvalue weighted by molar-refractivity contribution is -0.145. The molecule has 1 unspecified atom stereocenters. The Kier molecular flexibility index (Phi) is 6.43. The van der Waals surface area contributed by atoms with Crippen LogP contribution in [0.5, 0.6) is 0 Å². The molecule has 8 heteroatoms. The first-order chi connectivity index (χ1) is 13.5. The van der Waals surface area contributed by atoms with Crippen LogP contribution in [-0.2, 0) is 22.5 Å². The minimum atomic E-state index is -0.807. The number of nitrogens with one attached hydrogen (secondary N) is 1. The standard InChI is InChI=1S/C20H21BrN4O3/c1-2-28-20(27)16(9-13-3-6-15(21)7-4-13)24-19(26)17-12-25-11-14(10-22)5-8-18(25)23-17/h3-8,11-12,16H,2,9-10,22H2,1H3,(H,24,26). The van der Waals surface area contributed by atoms with E-state index < -0.39 is 17.9 Å². The normalized spacial score (nSPS) is 12.0. The lowest BCUT2D eigenvalue weighted by Crippen LogP contribution is -2.43. The monoisotopic (exact) mass is 444 g/mol. The van der Waals surface area contributed by atoms with Crippen molar-refractivity contribution < 1.29 is 14.3 Å². The van der Waals surface area contributed by atoms with Crippen LogP contribution in [0.15, 0.2) is 53.3 Å². The van der Waals surface area contributed by atoms with Crippen LogP contribution >= 0.6 is 15.9 Å². The fourth-order valence-electron chi connectivity index (χ4n) is 2.79. The third-order valence-corrected chi connectivity index (χ3v) is 4.74. The van der Waals surface area contributed by atoms with Gasteiger partial charge in [0.1, 0.15) is 17.4 Å². The average Bonchev–Trinajstić information content (AvgIpc) is 3.12. The van der Waals surface area contributed by atoms with Gasteiger partial charge in [-0.3, -0.25) is 4.79 Å². The van der Waals surface area contributed by atoms with Gasteiger partial charge in [0.15, 0.2) is 0 Å². The number of aromatic nitrogens is 2. The van der Waals surface area contributed by atoms with E-state index in [0.717, 1.165) is 15.6 Å². The highest BCUT2D eigenvalue weighted by Crippen LogP contribution is 2.13. The molecule has 0 aliphatic heterocycles. The second-order valence-electron chi connectivity index (χ2n) is 6.24. The molecule has 1 atom stereocenters. The summed E-state index contributed by atoms with van der Waals surface area (Å²) >= 11 is 3.38. The Bertz CT molecular complexity index is 985. The predicted octanol–water partition coefficient (Wildman–Crippen LogP) is 2.46. The summed E-state index contributed by atoms with van der Waals surface area (Å²) in [6.45, 7) is 2.36. The lowest BCUT2D eigenvalue weighted by Gasteiger charge is -2.17. The number of carbonyl (C=O) groups is 2. The van der Waals surface area contributed by atoms with Crippen LogP contribution in [0.3, 0.4) is 0 Å². The third-order valence-electron chi connectivity index (χ3n) is 4.21. The molecular weight excluding hydrogens is 424 g/mol. The van der Waals surface area contributed by atoms with Crippen molar-refractivity contribution in [3.8, 4) is 0 Å². The summed E-state index contributed by atoms with van der Waals surface area (Å²) in [5.41, 5.74) is 8.33. The number of hydrogen-bond acceptors (Lipinski definition) is 5. The van der Waals surface area contributed by atoms with Crippen molar-refractivity contribution in [1.82, 2.24) is 14.7 Å². The van der Waals surface area contributed by atoms with Crippen LogP contribution in [0.1, 0.15) is 28.5 Å². The summed E-state index contributed by atoms with van der Waals surface area (Å²) in [4.78, 5) is 29.4. The number of imidazole rings is 1. The fraction of sp³-hybridized carbons (Fsp3) is 0.250. The Morgan fingerprint density at radius 3 is 2.57 bits per heavy atom. The number of esters is 1. The van der Waals surface area contributed by atoms with Gasteiger partial charge in [-0.25, -0.2) is 9.78 Å². The Morgan fingerprint density at radius 2 is 1.89 bits per heavy atom. The molecule has 0 saturated carbocycles. The molecule has 3 aromatic rings. The lowest BCUT2D eigenvalue weighted by atomic mass is 10.1. The Hall–Kier alpha value is -2.71. The average molecular weight is 445 g/mol. The molecule has 28 heavy (non-hydrogen) atoms. The minimum Gasteiger partial charge on any atom is -0.464 e. The molecule has 2 heterocycles. The highest BCUT2D eigenvalue weighted by atomic mass is 79.9. The van der Waals surface area contributed by atoms with Gasteiger partial charge in [0.05, 0.1) is 6.61 Å². The van der Waals surface area contributed by atoms with Gasteiger partial charge >= 0.3 is 5.97 Å². The number of rotatable bonds is 7. The number of amides is 1. The molecule has 0 radical (unpaired) electrons. The molecule has 0 spiro atoms. The summed E-state index contributed by atoms with van der Waals surface area (Å²) in [5, 5.41) is 2.74. The quantitative estimate of drug-likeness (QED) is 0.545. The van der Waals surface area contributed by atoms with Crippen LogP contribution < -0.4 is 11.1 Å². The van der Waals surface area contributed by atoms with E-state index in [0.29, 0.717) is 18.6 Å². The largest absolute Gasteiger partial charge is 0.464 e. The molecule has 0 aliphatic rings. The molecule has 7 nitrogen and oxygen atoms in total. The molecule has 2 aromatic heterocycles. The van der Waals surface area contributed by atoms with Crippen molar-refractivity contribution in [1.29, 1.82) is 0 Å². The first kappa shape index (κ1) is 20.0. The van der Waals surface area contributed by atoms with Crippen molar-refractivity contribution in [3.05, 3.63) is 70.1 Å². The molecule has 0 bridgehead atoms. The number of nitrogens with two attached hydrogens (primary N) is 1. The number of carbonyl (C=O) groups excluding carboxylic acids is 2. The van der Waals surface area contributed by atoms with Crippen LogP contribution in [0, 0.1) is 0 Å². The molecule has 1 amide bonds. The summed E-state index contributed by atoms with van der Waals surface area (Å²) in [7, 11) is 0. The third kappa shape index (κ3) is 4.76. The van der Waals surface area contributed by atoms with E-state index in [1.54, 1.807) is 23.6 Å². The highest BCUT2D eigenvalue weighted by molar-refractivity contribution is 9.10. The maximum Gasteiger partial charge on any atom is 0.328 e. The number of hydrogen-bond donors (Lipinski definition) is 2. The van der Waals surface area contributed by atoms with E-state index in [4.69, 9.17) is 10.5 Å². The van der Waals surface area contributed by atoms with Gasteiger partial charge in [-0.15, -0.1) is 0 Å². The zero-order chi connectivity index (χ0) is 20.1. The zero-order valence-corrected chi connectivity index (χ0v) is 17.0. The first-order valence-electron chi connectivity index (χ1n) is 8.89. The highest BCUT2D eigenvalue weighted by Gasteiger charge is 2.24. The van der Waals surface area contributed by atoms with Gasteiger partial charge in [0.25, 0.3) is 5.91 Å². The van der Waals surface area contributed by atoms with Gasteiger partial charge in [0, 0.05) is 29.8 Å². The first-order valence-corrected chi connectivity index (χ1v) is 9.69. The van der Waals surface area contributed by atoms with Crippen molar-refractivity contribution in [2.75, 3.05) is 6.61 Å². The molecule has 0 fully saturated rings. The number of halogens is 1. The molecule has 3 N–H and O–H groups in total. The SMILES string of the molecule is CCOC(=O)C(Cc1ccc(Br)cc1)NC(=O)c1cn2cc(CN)ccc2n1. The smallest absolute Gasteiger partial charge is 0.328 e. The predicted molar refractivity (Wildman–Crippen MR) is 109 cm³/mol. The summed E-state index contributed by atoms with van der Waals surface area (Å²) in [6.07, 6.45) is 3.76. The number of benzene rings is 1. The van der Waals surface area contributed by atoms with Crippen LogP contribution in [-0.4, -0.2) is 33.9 Å². The Labute approximate surface area is 171 Å². The molecule has 146 valence electrons. The van der Waals surface area contributed by atoms with E-state index in [9.17, 15) is 9.59 Å². The second-order valence-corrected chi connectivity index (χ2v) is 7.16. The van der Waals surface area contributed by atoms with Gasteiger partial charge in [-0.05, 0) is 36.2 Å². The summed E-state index contributed by atoms with van der Waals surface area (Å²) < 4.78 is 7.80. The van der Waals surface area contributed by atoms with E-state index in [-0.39, 0.29) is 12.3 Å². The van der Waals surface area contributed by atoms with Crippen molar-refractivity contribution in [2.24, 2.45) is 5.73 Å². The zero-order valence-electron chi connectivity index (χ0n) is 15.4. The Morgan fingerprint density at radius 1 is 1.18 bits per heavy atom. The topological polar surface area (TPSA) is 98.7 Å². The maximum atomic E-state index is 12.7. The Balaban J connectivity index is 1.79. The maximum absolute atomic E-state index is 12.7. The number of pyridine rings is 1. The molecule has 3 rings (SSSR count). The van der Waals surface area contributed by atoms with Crippen molar-refractivity contribution in [2.45, 2.75) is 25.9 Å². The van der Waals surface area contributed by atoms with Gasteiger partial charge in [-0.2, -0.15) is 0 Å². The van der Waals surface area contributed by atoms with E-state index in [2.05, 4.69) is 26.2 Å². The molecule has 1 aromatic carbocycles. The number of nitrogens with zero attached hydrogens (tertiary/aromatic N) is 2. The number of fused-ring (bicyclic) bond motifs is 1.